The first kappa shape index (κ1) is 15.4. The molecular weight excluding hydrogens is 289 g/mol. The number of aliphatic hydroxyl groups is 1. The van der Waals surface area contributed by atoms with Crippen LogP contribution < -0.4 is 0 Å². The summed E-state index contributed by atoms with van der Waals surface area (Å²) in [5.41, 5.74) is 0.423. The molecule has 0 fully saturated rings. The van der Waals surface area contributed by atoms with Crippen LogP contribution >= 0.6 is 0 Å². The second-order valence-corrected chi connectivity index (χ2v) is 5.73. The SMILES string of the molecule is C[C@@](O)(c1ccccc1F)[C@@H](c1ccccc1)c1ccccn1. The molecule has 2 aromatic carbocycles. The van der Waals surface area contributed by atoms with E-state index < -0.39 is 17.3 Å². The fourth-order valence-electron chi connectivity index (χ4n) is 3.00. The third-order valence-electron chi connectivity index (χ3n) is 4.10. The number of rotatable bonds is 4. The van der Waals surface area contributed by atoms with E-state index in [1.807, 2.05) is 48.5 Å². The van der Waals surface area contributed by atoms with Crippen LogP contribution in [-0.2, 0) is 5.60 Å². The fraction of sp³-hybridized carbons (Fsp3) is 0.150. The lowest BCUT2D eigenvalue weighted by Crippen LogP contribution is -2.32. The van der Waals surface area contributed by atoms with E-state index >= 15 is 0 Å². The van der Waals surface area contributed by atoms with Gasteiger partial charge in [0.05, 0.1) is 11.6 Å². The van der Waals surface area contributed by atoms with Gasteiger partial charge in [0.25, 0.3) is 0 Å². The predicted octanol–water partition coefficient (Wildman–Crippen LogP) is 4.26. The highest BCUT2D eigenvalue weighted by Crippen LogP contribution is 2.41. The summed E-state index contributed by atoms with van der Waals surface area (Å²) in [4.78, 5) is 4.39. The second-order valence-electron chi connectivity index (χ2n) is 5.73. The normalized spacial score (nSPS) is 14.9. The summed E-state index contributed by atoms with van der Waals surface area (Å²) >= 11 is 0. The zero-order valence-electron chi connectivity index (χ0n) is 12.9. The minimum absolute atomic E-state index is 0.263. The molecule has 0 unspecified atom stereocenters. The van der Waals surface area contributed by atoms with E-state index in [1.54, 1.807) is 31.3 Å². The molecule has 116 valence electrons. The van der Waals surface area contributed by atoms with Gasteiger partial charge in [-0.05, 0) is 30.7 Å². The van der Waals surface area contributed by atoms with Crippen LogP contribution in [0.5, 0.6) is 0 Å². The summed E-state index contributed by atoms with van der Waals surface area (Å²) < 4.78 is 14.3. The Labute approximate surface area is 135 Å². The molecule has 0 aliphatic rings. The van der Waals surface area contributed by atoms with Crippen molar-refractivity contribution >= 4 is 0 Å². The zero-order valence-corrected chi connectivity index (χ0v) is 12.9. The summed E-state index contributed by atoms with van der Waals surface area (Å²) in [6.07, 6.45) is 1.68. The topological polar surface area (TPSA) is 33.1 Å². The van der Waals surface area contributed by atoms with Gasteiger partial charge in [-0.25, -0.2) is 4.39 Å². The van der Waals surface area contributed by atoms with Crippen molar-refractivity contribution in [3.63, 3.8) is 0 Å². The lowest BCUT2D eigenvalue weighted by molar-refractivity contribution is 0.0345. The van der Waals surface area contributed by atoms with E-state index in [2.05, 4.69) is 4.98 Å². The Kier molecular flexibility index (Phi) is 4.22. The molecule has 0 aliphatic heterocycles. The van der Waals surface area contributed by atoms with Gasteiger partial charge in [-0.3, -0.25) is 4.98 Å². The molecule has 23 heavy (non-hydrogen) atoms. The third-order valence-corrected chi connectivity index (χ3v) is 4.10. The highest BCUT2D eigenvalue weighted by molar-refractivity contribution is 5.37. The largest absolute Gasteiger partial charge is 0.384 e. The Bertz CT molecular complexity index is 732. The lowest BCUT2D eigenvalue weighted by Gasteiger charge is -2.33. The molecule has 0 saturated carbocycles. The van der Waals surface area contributed by atoms with Gasteiger partial charge in [0, 0.05) is 11.8 Å². The average Bonchev–Trinajstić information content (AvgIpc) is 2.57. The summed E-state index contributed by atoms with van der Waals surface area (Å²) in [5.74, 6) is -0.892. The van der Waals surface area contributed by atoms with E-state index in [-0.39, 0.29) is 5.56 Å². The Morgan fingerprint density at radius 3 is 2.22 bits per heavy atom. The first-order valence-corrected chi connectivity index (χ1v) is 7.54. The van der Waals surface area contributed by atoms with E-state index in [0.717, 1.165) is 5.56 Å². The van der Waals surface area contributed by atoms with Gasteiger partial charge >= 0.3 is 0 Å². The number of aromatic nitrogens is 1. The molecular formula is C20H18FNO. The molecule has 2 atom stereocenters. The summed E-state index contributed by atoms with van der Waals surface area (Å²) in [6.45, 7) is 1.64. The maximum atomic E-state index is 14.3. The minimum Gasteiger partial charge on any atom is -0.384 e. The van der Waals surface area contributed by atoms with Crippen molar-refractivity contribution in [2.24, 2.45) is 0 Å². The highest BCUT2D eigenvalue weighted by Gasteiger charge is 2.38. The maximum absolute atomic E-state index is 14.3. The molecule has 1 N–H and O–H groups in total. The number of pyridine rings is 1. The summed E-state index contributed by atoms with van der Waals surface area (Å²) in [6, 6.07) is 21.5. The lowest BCUT2D eigenvalue weighted by atomic mass is 9.76. The maximum Gasteiger partial charge on any atom is 0.129 e. The first-order valence-electron chi connectivity index (χ1n) is 7.54. The standard InChI is InChI=1S/C20H18FNO/c1-20(23,16-11-5-6-12-17(16)21)19(15-9-3-2-4-10-15)18-13-7-8-14-22-18/h2-14,19,23H,1H3/t19-,20+/m0/s1. The van der Waals surface area contributed by atoms with E-state index in [1.165, 1.54) is 6.07 Å². The Morgan fingerprint density at radius 2 is 1.57 bits per heavy atom. The van der Waals surface area contributed by atoms with Crippen molar-refractivity contribution in [1.29, 1.82) is 0 Å². The molecule has 0 spiro atoms. The van der Waals surface area contributed by atoms with Gasteiger partial charge in [0.15, 0.2) is 0 Å². The van der Waals surface area contributed by atoms with Crippen LogP contribution in [-0.4, -0.2) is 10.1 Å². The van der Waals surface area contributed by atoms with Crippen LogP contribution in [0.3, 0.4) is 0 Å². The third kappa shape index (κ3) is 3.01. The van der Waals surface area contributed by atoms with Crippen molar-refractivity contribution in [3.05, 3.63) is 102 Å². The summed E-state index contributed by atoms with van der Waals surface area (Å²) in [5, 5.41) is 11.3. The van der Waals surface area contributed by atoms with Gasteiger partial charge in [0.2, 0.25) is 0 Å². The monoisotopic (exact) mass is 307 g/mol. The molecule has 3 heteroatoms. The number of hydrogen-bond acceptors (Lipinski definition) is 2. The minimum atomic E-state index is -1.43. The van der Waals surface area contributed by atoms with E-state index in [0.29, 0.717) is 5.69 Å². The highest BCUT2D eigenvalue weighted by atomic mass is 19.1. The predicted molar refractivity (Wildman–Crippen MR) is 88.5 cm³/mol. The van der Waals surface area contributed by atoms with Crippen LogP contribution in [0.2, 0.25) is 0 Å². The van der Waals surface area contributed by atoms with Crippen molar-refractivity contribution in [2.75, 3.05) is 0 Å². The Balaban J connectivity index is 2.18. The molecule has 3 rings (SSSR count). The van der Waals surface area contributed by atoms with Crippen LogP contribution in [0.4, 0.5) is 4.39 Å². The second kappa shape index (κ2) is 6.31. The average molecular weight is 307 g/mol. The number of benzene rings is 2. The van der Waals surface area contributed by atoms with Gasteiger partial charge in [0.1, 0.15) is 11.4 Å². The molecule has 0 aliphatic carbocycles. The fourth-order valence-corrected chi connectivity index (χ4v) is 3.00. The number of hydrogen-bond donors (Lipinski definition) is 1. The molecule has 0 bridgehead atoms. The molecule has 2 nitrogen and oxygen atoms in total. The molecule has 0 radical (unpaired) electrons. The van der Waals surface area contributed by atoms with Crippen molar-refractivity contribution in [3.8, 4) is 0 Å². The quantitative estimate of drug-likeness (QED) is 0.781. The van der Waals surface area contributed by atoms with Crippen molar-refractivity contribution in [1.82, 2.24) is 4.98 Å². The molecule has 1 heterocycles. The number of halogens is 1. The van der Waals surface area contributed by atoms with Crippen molar-refractivity contribution in [2.45, 2.75) is 18.4 Å². The van der Waals surface area contributed by atoms with Gasteiger partial charge < -0.3 is 5.11 Å². The Morgan fingerprint density at radius 1 is 0.913 bits per heavy atom. The number of nitrogens with zero attached hydrogens (tertiary/aromatic N) is 1. The zero-order chi connectivity index (χ0) is 16.3. The van der Waals surface area contributed by atoms with Crippen molar-refractivity contribution < 1.29 is 9.50 Å². The first-order chi connectivity index (χ1) is 11.1. The van der Waals surface area contributed by atoms with Crippen LogP contribution in [0, 0.1) is 5.82 Å². The van der Waals surface area contributed by atoms with E-state index in [4.69, 9.17) is 0 Å². The van der Waals surface area contributed by atoms with Crippen LogP contribution in [0.25, 0.3) is 0 Å². The van der Waals surface area contributed by atoms with Crippen LogP contribution in [0.1, 0.15) is 29.7 Å². The molecule has 0 amide bonds. The summed E-state index contributed by atoms with van der Waals surface area (Å²) in [7, 11) is 0. The van der Waals surface area contributed by atoms with E-state index in [9.17, 15) is 9.50 Å². The van der Waals surface area contributed by atoms with Gasteiger partial charge in [-0.1, -0.05) is 54.6 Å². The molecule has 1 aromatic heterocycles. The van der Waals surface area contributed by atoms with Gasteiger partial charge in [-0.15, -0.1) is 0 Å². The Hall–Kier alpha value is -2.52. The molecule has 0 saturated heterocycles. The van der Waals surface area contributed by atoms with Gasteiger partial charge in [-0.2, -0.15) is 0 Å². The smallest absolute Gasteiger partial charge is 0.129 e. The van der Waals surface area contributed by atoms with Crippen LogP contribution in [0.15, 0.2) is 79.0 Å². The molecule has 3 aromatic rings.